The normalized spacial score (nSPS) is 13.8. The second-order valence-electron chi connectivity index (χ2n) is 7.17. The van der Waals surface area contributed by atoms with E-state index in [1.54, 1.807) is 36.4 Å². The molecule has 0 saturated heterocycles. The van der Waals surface area contributed by atoms with E-state index < -0.39 is 30.9 Å². The highest BCUT2D eigenvalue weighted by molar-refractivity contribution is 5.86. The Morgan fingerprint density at radius 3 is 1.47 bits per heavy atom. The summed E-state index contributed by atoms with van der Waals surface area (Å²) in [6.07, 6.45) is -0.0400. The molecule has 0 fully saturated rings. The molecule has 0 atom stereocenters. The first kappa shape index (κ1) is 21.5. The Morgan fingerprint density at radius 1 is 0.625 bits per heavy atom. The number of hydrogen-bond donors (Lipinski definition) is 0. The van der Waals surface area contributed by atoms with E-state index in [0.717, 1.165) is 0 Å². The summed E-state index contributed by atoms with van der Waals surface area (Å²) in [5.41, 5.74) is 1.36. The SMILES string of the molecule is O=C(COC(=O)Cc1ccc2c(c1)OCCO2)COC(=O)Cc1ccc2c(c1)OCCO2. The third-order valence-electron chi connectivity index (χ3n) is 4.70. The van der Waals surface area contributed by atoms with Crippen LogP contribution in [-0.2, 0) is 36.7 Å². The van der Waals surface area contributed by atoms with Crippen LogP contribution in [0.3, 0.4) is 0 Å². The number of carbonyl (C=O) groups is 3. The summed E-state index contributed by atoms with van der Waals surface area (Å²) < 4.78 is 31.8. The first-order valence-electron chi connectivity index (χ1n) is 10.2. The zero-order chi connectivity index (χ0) is 22.3. The molecule has 0 aromatic heterocycles. The van der Waals surface area contributed by atoms with Gasteiger partial charge in [0.2, 0.25) is 5.78 Å². The zero-order valence-corrected chi connectivity index (χ0v) is 17.3. The minimum absolute atomic E-state index is 0.0200. The fraction of sp³-hybridized carbons (Fsp3) is 0.348. The molecule has 9 heteroatoms. The van der Waals surface area contributed by atoms with E-state index in [4.69, 9.17) is 28.4 Å². The maximum absolute atomic E-state index is 12.0. The number of benzene rings is 2. The van der Waals surface area contributed by atoms with Crippen LogP contribution in [-0.4, -0.2) is 57.4 Å². The van der Waals surface area contributed by atoms with Gasteiger partial charge in [0.15, 0.2) is 36.2 Å². The average Bonchev–Trinajstić information content (AvgIpc) is 2.81. The van der Waals surface area contributed by atoms with Crippen molar-refractivity contribution in [2.75, 3.05) is 39.6 Å². The molecule has 0 bridgehead atoms. The van der Waals surface area contributed by atoms with Crippen LogP contribution in [0.1, 0.15) is 11.1 Å². The summed E-state index contributed by atoms with van der Waals surface area (Å²) in [5.74, 6) is 0.736. The zero-order valence-electron chi connectivity index (χ0n) is 17.3. The van der Waals surface area contributed by atoms with Crippen molar-refractivity contribution in [1.29, 1.82) is 0 Å². The molecular formula is C23H22O9. The van der Waals surface area contributed by atoms with E-state index >= 15 is 0 Å². The smallest absolute Gasteiger partial charge is 0.310 e. The molecule has 0 radical (unpaired) electrons. The minimum Gasteiger partial charge on any atom is -0.486 e. The second-order valence-corrected chi connectivity index (χ2v) is 7.17. The number of esters is 2. The molecule has 0 N–H and O–H groups in total. The van der Waals surface area contributed by atoms with E-state index in [-0.39, 0.29) is 12.8 Å². The van der Waals surface area contributed by atoms with Gasteiger partial charge in [-0.3, -0.25) is 14.4 Å². The maximum Gasteiger partial charge on any atom is 0.310 e. The van der Waals surface area contributed by atoms with Gasteiger partial charge in [-0.1, -0.05) is 12.1 Å². The van der Waals surface area contributed by atoms with E-state index in [1.807, 2.05) is 0 Å². The lowest BCUT2D eigenvalue weighted by molar-refractivity contribution is -0.152. The van der Waals surface area contributed by atoms with E-state index in [9.17, 15) is 14.4 Å². The summed E-state index contributed by atoms with van der Waals surface area (Å²) in [7, 11) is 0. The highest BCUT2D eigenvalue weighted by atomic mass is 16.6. The standard InChI is InChI=1S/C23H22O9/c24-17(13-31-22(25)11-15-1-3-18-20(9-15)29-7-5-27-18)14-32-23(26)12-16-2-4-19-21(10-16)30-8-6-28-19/h1-4,9-10H,5-8,11-14H2. The van der Waals surface area contributed by atoms with Gasteiger partial charge in [0.1, 0.15) is 26.4 Å². The molecule has 2 heterocycles. The largest absolute Gasteiger partial charge is 0.486 e. The fourth-order valence-corrected chi connectivity index (χ4v) is 3.19. The van der Waals surface area contributed by atoms with Crippen molar-refractivity contribution >= 4 is 17.7 Å². The van der Waals surface area contributed by atoms with Gasteiger partial charge in [0.05, 0.1) is 12.8 Å². The molecule has 4 rings (SSSR count). The molecular weight excluding hydrogens is 420 g/mol. The van der Waals surface area contributed by atoms with Crippen LogP contribution in [0, 0.1) is 0 Å². The Balaban J connectivity index is 1.17. The average molecular weight is 442 g/mol. The number of Topliss-reactive ketones (excluding diaryl/α,β-unsaturated/α-hetero) is 1. The molecule has 2 aromatic rings. The number of fused-ring (bicyclic) bond motifs is 2. The minimum atomic E-state index is -0.572. The molecule has 2 aliphatic rings. The van der Waals surface area contributed by atoms with Crippen LogP contribution >= 0.6 is 0 Å². The predicted octanol–water partition coefficient (Wildman–Crippen LogP) is 1.67. The molecule has 2 aliphatic heterocycles. The van der Waals surface area contributed by atoms with Gasteiger partial charge in [0, 0.05) is 0 Å². The summed E-state index contributed by atoms with van der Waals surface area (Å²) in [4.78, 5) is 35.9. The quantitative estimate of drug-likeness (QED) is 0.564. The van der Waals surface area contributed by atoms with Crippen molar-refractivity contribution in [1.82, 2.24) is 0 Å². The topological polar surface area (TPSA) is 107 Å². The number of carbonyl (C=O) groups excluding carboxylic acids is 3. The van der Waals surface area contributed by atoms with Gasteiger partial charge >= 0.3 is 11.9 Å². The fourth-order valence-electron chi connectivity index (χ4n) is 3.19. The molecule has 0 aliphatic carbocycles. The number of hydrogen-bond acceptors (Lipinski definition) is 9. The van der Waals surface area contributed by atoms with Gasteiger partial charge in [-0.05, 0) is 35.4 Å². The maximum atomic E-state index is 12.0. The Hall–Kier alpha value is -3.75. The van der Waals surface area contributed by atoms with Crippen LogP contribution in [0.25, 0.3) is 0 Å². The van der Waals surface area contributed by atoms with Crippen LogP contribution in [0.4, 0.5) is 0 Å². The molecule has 0 amide bonds. The van der Waals surface area contributed by atoms with Crippen LogP contribution in [0.15, 0.2) is 36.4 Å². The molecule has 2 aromatic carbocycles. The summed E-state index contributed by atoms with van der Waals surface area (Å²) in [5, 5.41) is 0. The first-order chi connectivity index (χ1) is 15.6. The highest BCUT2D eigenvalue weighted by Crippen LogP contribution is 2.31. The van der Waals surface area contributed by atoms with Gasteiger partial charge in [-0.15, -0.1) is 0 Å². The van der Waals surface area contributed by atoms with Crippen molar-refractivity contribution in [2.24, 2.45) is 0 Å². The summed E-state index contributed by atoms with van der Waals surface area (Å²) in [6.45, 7) is 0.919. The van der Waals surface area contributed by atoms with Gasteiger partial charge in [-0.2, -0.15) is 0 Å². The monoisotopic (exact) mass is 442 g/mol. The molecule has 0 spiro atoms. The van der Waals surface area contributed by atoms with Crippen LogP contribution in [0.5, 0.6) is 23.0 Å². The molecule has 9 nitrogen and oxygen atoms in total. The van der Waals surface area contributed by atoms with Crippen molar-refractivity contribution in [3.05, 3.63) is 47.5 Å². The number of rotatable bonds is 8. The molecule has 168 valence electrons. The Labute approximate surface area is 184 Å². The predicted molar refractivity (Wildman–Crippen MR) is 109 cm³/mol. The Morgan fingerprint density at radius 2 is 1.03 bits per heavy atom. The van der Waals surface area contributed by atoms with Gasteiger partial charge < -0.3 is 28.4 Å². The van der Waals surface area contributed by atoms with Crippen molar-refractivity contribution < 1.29 is 42.8 Å². The Bertz CT molecular complexity index is 935. The third-order valence-corrected chi connectivity index (χ3v) is 4.70. The van der Waals surface area contributed by atoms with E-state index in [0.29, 0.717) is 60.6 Å². The van der Waals surface area contributed by atoms with E-state index in [2.05, 4.69) is 0 Å². The Kier molecular flexibility index (Phi) is 6.74. The highest BCUT2D eigenvalue weighted by Gasteiger charge is 2.16. The number of ketones is 1. The van der Waals surface area contributed by atoms with Gasteiger partial charge in [-0.25, -0.2) is 0 Å². The lowest BCUT2D eigenvalue weighted by Crippen LogP contribution is -2.22. The molecule has 0 unspecified atom stereocenters. The van der Waals surface area contributed by atoms with Gasteiger partial charge in [0.25, 0.3) is 0 Å². The second kappa shape index (κ2) is 10.0. The van der Waals surface area contributed by atoms with Crippen molar-refractivity contribution in [2.45, 2.75) is 12.8 Å². The number of ether oxygens (including phenoxy) is 6. The first-order valence-corrected chi connectivity index (χ1v) is 10.2. The third kappa shape index (κ3) is 5.69. The van der Waals surface area contributed by atoms with Crippen LogP contribution in [0.2, 0.25) is 0 Å². The van der Waals surface area contributed by atoms with Crippen molar-refractivity contribution in [3.63, 3.8) is 0 Å². The summed E-state index contributed by atoms with van der Waals surface area (Å²) >= 11 is 0. The lowest BCUT2D eigenvalue weighted by atomic mass is 10.1. The molecule has 0 saturated carbocycles. The van der Waals surface area contributed by atoms with E-state index in [1.165, 1.54) is 0 Å². The molecule has 32 heavy (non-hydrogen) atoms. The van der Waals surface area contributed by atoms with Crippen LogP contribution < -0.4 is 18.9 Å². The summed E-state index contributed by atoms with van der Waals surface area (Å²) in [6, 6.07) is 10.3. The van der Waals surface area contributed by atoms with Crippen molar-refractivity contribution in [3.8, 4) is 23.0 Å². The lowest BCUT2D eigenvalue weighted by Gasteiger charge is -2.18.